The highest BCUT2D eigenvalue weighted by Gasteiger charge is 2.22. The molecule has 1 fully saturated rings. The molecule has 1 saturated heterocycles. The number of hydrogen-bond donors (Lipinski definition) is 2. The number of nitrogens with zero attached hydrogens (tertiary/aromatic N) is 3. The van der Waals surface area contributed by atoms with Gasteiger partial charge in [0.05, 0.1) is 17.4 Å². The number of likely N-dealkylation sites (tertiary alicyclic amines) is 1. The van der Waals surface area contributed by atoms with Crippen molar-refractivity contribution in [2.75, 3.05) is 39.0 Å². The van der Waals surface area contributed by atoms with Gasteiger partial charge in [-0.15, -0.1) is 0 Å². The average Bonchev–Trinajstić information content (AvgIpc) is 2.84. The highest BCUT2D eigenvalue weighted by molar-refractivity contribution is 5.92. The van der Waals surface area contributed by atoms with Crippen molar-refractivity contribution >= 4 is 17.7 Å². The van der Waals surface area contributed by atoms with Crippen molar-refractivity contribution in [3.63, 3.8) is 0 Å². The van der Waals surface area contributed by atoms with E-state index in [-0.39, 0.29) is 11.6 Å². The molecule has 114 valence electrons. The summed E-state index contributed by atoms with van der Waals surface area (Å²) in [7, 11) is 3.81. The van der Waals surface area contributed by atoms with Crippen LogP contribution in [0.1, 0.15) is 16.8 Å². The van der Waals surface area contributed by atoms with Gasteiger partial charge in [0, 0.05) is 26.3 Å². The number of carboxylic acid groups (broad SMARTS) is 1. The molecule has 0 aliphatic carbocycles. The Kier molecular flexibility index (Phi) is 4.74. The minimum atomic E-state index is -1.07. The number of anilines is 1. The zero-order valence-corrected chi connectivity index (χ0v) is 12.2. The second kappa shape index (κ2) is 6.53. The zero-order valence-electron chi connectivity index (χ0n) is 12.2. The summed E-state index contributed by atoms with van der Waals surface area (Å²) in [5.74, 6) is -0.588. The lowest BCUT2D eigenvalue weighted by Gasteiger charge is -2.21. The Morgan fingerprint density at radius 1 is 1.52 bits per heavy atom. The van der Waals surface area contributed by atoms with Crippen LogP contribution in [0.5, 0.6) is 0 Å². The number of amides is 2. The summed E-state index contributed by atoms with van der Waals surface area (Å²) in [5.41, 5.74) is 0.433. The van der Waals surface area contributed by atoms with Gasteiger partial charge in [0.1, 0.15) is 0 Å². The van der Waals surface area contributed by atoms with Crippen LogP contribution in [0.3, 0.4) is 0 Å². The topological polar surface area (TPSA) is 85.8 Å². The van der Waals surface area contributed by atoms with Crippen LogP contribution in [0.4, 0.5) is 10.5 Å². The first-order valence-electron chi connectivity index (χ1n) is 6.84. The van der Waals surface area contributed by atoms with Crippen molar-refractivity contribution < 1.29 is 14.7 Å². The minimum Gasteiger partial charge on any atom is -0.478 e. The molecule has 0 spiro atoms. The Hall–Kier alpha value is -2.15. The lowest BCUT2D eigenvalue weighted by atomic mass is 10.1. The number of rotatable bonds is 4. The first-order chi connectivity index (χ1) is 9.95. The molecule has 1 unspecified atom stereocenters. The van der Waals surface area contributed by atoms with E-state index in [1.54, 1.807) is 11.9 Å². The first kappa shape index (κ1) is 15.2. The highest BCUT2D eigenvalue weighted by atomic mass is 16.4. The maximum absolute atomic E-state index is 12.1. The van der Waals surface area contributed by atoms with E-state index in [1.165, 1.54) is 18.5 Å². The Bertz CT molecular complexity index is 535. The standard InChI is InChI=1S/C14H20N4O3/c1-17-4-3-10(8-17)9-18(2)14(21)16-12-5-11(13(19)20)6-15-7-12/h5-7,10H,3-4,8-9H2,1-2H3,(H,16,21)(H,19,20). The summed E-state index contributed by atoms with van der Waals surface area (Å²) in [4.78, 5) is 30.6. The number of carboxylic acids is 1. The molecule has 21 heavy (non-hydrogen) atoms. The van der Waals surface area contributed by atoms with Crippen LogP contribution in [-0.2, 0) is 0 Å². The van der Waals surface area contributed by atoms with E-state index >= 15 is 0 Å². The van der Waals surface area contributed by atoms with Gasteiger partial charge >= 0.3 is 12.0 Å². The smallest absolute Gasteiger partial charge is 0.337 e. The Morgan fingerprint density at radius 2 is 2.29 bits per heavy atom. The van der Waals surface area contributed by atoms with Crippen LogP contribution in [-0.4, -0.2) is 65.6 Å². The van der Waals surface area contributed by atoms with Crippen LogP contribution >= 0.6 is 0 Å². The number of pyridine rings is 1. The second-order valence-corrected chi connectivity index (χ2v) is 5.50. The van der Waals surface area contributed by atoms with Crippen molar-refractivity contribution in [2.24, 2.45) is 5.92 Å². The lowest BCUT2D eigenvalue weighted by Crippen LogP contribution is -2.36. The van der Waals surface area contributed by atoms with E-state index in [0.29, 0.717) is 18.2 Å². The largest absolute Gasteiger partial charge is 0.478 e. The fourth-order valence-electron chi connectivity index (χ4n) is 2.49. The van der Waals surface area contributed by atoms with Crippen molar-refractivity contribution in [2.45, 2.75) is 6.42 Å². The molecule has 1 aromatic rings. The van der Waals surface area contributed by atoms with Crippen molar-refractivity contribution in [3.05, 3.63) is 24.0 Å². The third-order valence-corrected chi connectivity index (χ3v) is 3.60. The molecule has 2 N–H and O–H groups in total. The predicted octanol–water partition coefficient (Wildman–Crippen LogP) is 1.20. The predicted molar refractivity (Wildman–Crippen MR) is 78.4 cm³/mol. The molecule has 2 amide bonds. The molecule has 0 radical (unpaired) electrons. The van der Waals surface area contributed by atoms with E-state index in [0.717, 1.165) is 19.5 Å². The summed E-state index contributed by atoms with van der Waals surface area (Å²) in [6.45, 7) is 2.74. The highest BCUT2D eigenvalue weighted by Crippen LogP contribution is 2.16. The van der Waals surface area contributed by atoms with E-state index in [1.807, 2.05) is 0 Å². The van der Waals surface area contributed by atoms with Gasteiger partial charge in [0.25, 0.3) is 0 Å². The lowest BCUT2D eigenvalue weighted by molar-refractivity contribution is 0.0696. The maximum Gasteiger partial charge on any atom is 0.337 e. The third-order valence-electron chi connectivity index (χ3n) is 3.60. The quantitative estimate of drug-likeness (QED) is 0.870. The number of aromatic nitrogens is 1. The Morgan fingerprint density at radius 3 is 2.90 bits per heavy atom. The molecule has 1 aromatic heterocycles. The SMILES string of the molecule is CN1CCC(CN(C)C(=O)Nc2cncc(C(=O)O)c2)C1. The van der Waals surface area contributed by atoms with Crippen LogP contribution in [0.2, 0.25) is 0 Å². The average molecular weight is 292 g/mol. The number of aromatic carboxylic acids is 1. The molecule has 0 aromatic carbocycles. The summed E-state index contributed by atoms with van der Waals surface area (Å²) in [6, 6.07) is 1.14. The van der Waals surface area contributed by atoms with Crippen LogP contribution < -0.4 is 5.32 Å². The second-order valence-electron chi connectivity index (χ2n) is 5.50. The summed E-state index contributed by atoms with van der Waals surface area (Å²) in [5, 5.41) is 11.6. The molecule has 2 heterocycles. The van der Waals surface area contributed by atoms with Gasteiger partial charge < -0.3 is 20.2 Å². The maximum atomic E-state index is 12.1. The molecule has 2 rings (SSSR count). The van der Waals surface area contributed by atoms with Gasteiger partial charge in [-0.2, -0.15) is 0 Å². The van der Waals surface area contributed by atoms with Crippen molar-refractivity contribution in [1.82, 2.24) is 14.8 Å². The summed E-state index contributed by atoms with van der Waals surface area (Å²) < 4.78 is 0. The van der Waals surface area contributed by atoms with E-state index in [9.17, 15) is 9.59 Å². The van der Waals surface area contributed by atoms with Crippen LogP contribution in [0, 0.1) is 5.92 Å². The van der Waals surface area contributed by atoms with Gasteiger partial charge in [0.2, 0.25) is 0 Å². The van der Waals surface area contributed by atoms with Crippen molar-refractivity contribution in [3.8, 4) is 0 Å². The molecule has 1 aliphatic rings. The summed E-state index contributed by atoms with van der Waals surface area (Å²) in [6.07, 6.45) is 3.77. The van der Waals surface area contributed by atoms with Gasteiger partial charge in [0.15, 0.2) is 0 Å². The van der Waals surface area contributed by atoms with Crippen molar-refractivity contribution in [1.29, 1.82) is 0 Å². The fraction of sp³-hybridized carbons (Fsp3) is 0.500. The van der Waals surface area contributed by atoms with Gasteiger partial charge in [-0.1, -0.05) is 0 Å². The van der Waals surface area contributed by atoms with E-state index < -0.39 is 5.97 Å². The molecular formula is C14H20N4O3. The van der Waals surface area contributed by atoms with Crippen LogP contribution in [0.15, 0.2) is 18.5 Å². The number of hydrogen-bond acceptors (Lipinski definition) is 4. The third kappa shape index (κ3) is 4.16. The van der Waals surface area contributed by atoms with Gasteiger partial charge in [-0.25, -0.2) is 9.59 Å². The molecule has 1 aliphatic heterocycles. The van der Waals surface area contributed by atoms with E-state index in [2.05, 4.69) is 22.2 Å². The number of carbonyl (C=O) groups is 2. The zero-order chi connectivity index (χ0) is 15.4. The van der Waals surface area contributed by atoms with Crippen LogP contribution in [0.25, 0.3) is 0 Å². The Labute approximate surface area is 123 Å². The number of carbonyl (C=O) groups excluding carboxylic acids is 1. The molecule has 0 bridgehead atoms. The Balaban J connectivity index is 1.91. The normalized spacial score (nSPS) is 18.5. The summed E-state index contributed by atoms with van der Waals surface area (Å²) >= 11 is 0. The molecule has 1 atom stereocenters. The number of nitrogens with one attached hydrogen (secondary N) is 1. The molecular weight excluding hydrogens is 272 g/mol. The minimum absolute atomic E-state index is 0.0490. The first-order valence-corrected chi connectivity index (χ1v) is 6.84. The number of urea groups is 1. The fourth-order valence-corrected chi connectivity index (χ4v) is 2.49. The van der Waals surface area contributed by atoms with Gasteiger partial charge in [-0.3, -0.25) is 4.98 Å². The molecule has 7 nitrogen and oxygen atoms in total. The molecule has 0 saturated carbocycles. The van der Waals surface area contributed by atoms with Gasteiger partial charge in [-0.05, 0) is 32.0 Å². The monoisotopic (exact) mass is 292 g/mol. The van der Waals surface area contributed by atoms with E-state index in [4.69, 9.17) is 5.11 Å². The molecule has 7 heteroatoms.